The fraction of sp³-hybridized carbons (Fsp3) is 0.240. The molecule has 0 radical (unpaired) electrons. The van der Waals surface area contributed by atoms with E-state index >= 15 is 0 Å². The molecule has 0 bridgehead atoms. The summed E-state index contributed by atoms with van der Waals surface area (Å²) in [6.07, 6.45) is 5.93. The monoisotopic (exact) mass is 401 g/mol. The number of aryl methyl sites for hydroxylation is 2. The third-order valence-electron chi connectivity index (χ3n) is 5.48. The summed E-state index contributed by atoms with van der Waals surface area (Å²) in [5.41, 5.74) is 5.03. The maximum atomic E-state index is 13.7. The molecule has 1 N–H and O–H groups in total. The van der Waals surface area contributed by atoms with Gasteiger partial charge in [-0.15, -0.1) is 0 Å². The summed E-state index contributed by atoms with van der Waals surface area (Å²) in [5, 5.41) is 2.96. The Morgan fingerprint density at radius 1 is 1.13 bits per heavy atom. The third-order valence-corrected chi connectivity index (χ3v) is 5.48. The van der Waals surface area contributed by atoms with Crippen LogP contribution in [0.25, 0.3) is 23.4 Å². The van der Waals surface area contributed by atoms with E-state index in [0.29, 0.717) is 24.4 Å². The average molecular weight is 401 g/mol. The molecule has 1 aliphatic carbocycles. The van der Waals surface area contributed by atoms with Gasteiger partial charge in [0, 0.05) is 11.5 Å². The maximum absolute atomic E-state index is 13.7. The highest BCUT2D eigenvalue weighted by atomic mass is 19.1. The zero-order valence-electron chi connectivity index (χ0n) is 17.2. The zero-order valence-corrected chi connectivity index (χ0v) is 17.2. The van der Waals surface area contributed by atoms with Crippen LogP contribution in [0.4, 0.5) is 10.2 Å². The van der Waals surface area contributed by atoms with Gasteiger partial charge in [-0.25, -0.2) is 14.4 Å². The number of benzene rings is 2. The van der Waals surface area contributed by atoms with Crippen molar-refractivity contribution in [2.24, 2.45) is 5.92 Å². The molecule has 0 spiro atoms. The van der Waals surface area contributed by atoms with Gasteiger partial charge in [-0.05, 0) is 54.7 Å². The van der Waals surface area contributed by atoms with Gasteiger partial charge in [0.25, 0.3) is 0 Å². The Hall–Kier alpha value is -3.34. The van der Waals surface area contributed by atoms with Crippen molar-refractivity contribution in [1.82, 2.24) is 9.97 Å². The van der Waals surface area contributed by atoms with Crippen LogP contribution in [0.2, 0.25) is 0 Å². The normalized spacial score (nSPS) is 13.6. The summed E-state index contributed by atoms with van der Waals surface area (Å²) in [6.45, 7) is 3.88. The van der Waals surface area contributed by atoms with Crippen molar-refractivity contribution in [2.45, 2.75) is 33.1 Å². The molecular weight excluding hydrogens is 377 g/mol. The number of hydrogen-bond acceptors (Lipinski definition) is 3. The molecule has 3 aromatic rings. The summed E-state index contributed by atoms with van der Waals surface area (Å²) in [7, 11) is 0. The second kappa shape index (κ2) is 8.57. The van der Waals surface area contributed by atoms with E-state index in [1.807, 2.05) is 56.3 Å². The van der Waals surface area contributed by atoms with Crippen molar-refractivity contribution in [3.63, 3.8) is 0 Å². The van der Waals surface area contributed by atoms with Gasteiger partial charge in [0.2, 0.25) is 5.91 Å². The van der Waals surface area contributed by atoms with E-state index in [2.05, 4.69) is 5.32 Å². The number of amides is 1. The first-order chi connectivity index (χ1) is 14.5. The van der Waals surface area contributed by atoms with Gasteiger partial charge in [-0.3, -0.25) is 4.79 Å². The minimum absolute atomic E-state index is 0.0700. The first-order valence-electron chi connectivity index (χ1n) is 10.3. The Kier molecular flexibility index (Phi) is 5.70. The van der Waals surface area contributed by atoms with E-state index in [1.54, 1.807) is 12.1 Å². The topological polar surface area (TPSA) is 54.9 Å². The van der Waals surface area contributed by atoms with Crippen molar-refractivity contribution in [3.05, 3.63) is 76.9 Å². The van der Waals surface area contributed by atoms with Crippen LogP contribution >= 0.6 is 0 Å². The summed E-state index contributed by atoms with van der Waals surface area (Å²) >= 11 is 0. The van der Waals surface area contributed by atoms with Crippen molar-refractivity contribution >= 4 is 23.9 Å². The van der Waals surface area contributed by atoms with Gasteiger partial charge < -0.3 is 5.32 Å². The zero-order chi connectivity index (χ0) is 21.1. The molecule has 0 saturated heterocycles. The van der Waals surface area contributed by atoms with Crippen LogP contribution in [-0.4, -0.2) is 15.9 Å². The van der Waals surface area contributed by atoms with Gasteiger partial charge in [-0.1, -0.05) is 50.3 Å². The number of nitrogens with zero attached hydrogens (tertiary/aromatic N) is 2. The maximum Gasteiger partial charge on any atom is 0.228 e. The fourth-order valence-corrected chi connectivity index (χ4v) is 3.50. The number of aromatic nitrogens is 2. The minimum Gasteiger partial charge on any atom is -0.309 e. The lowest BCUT2D eigenvalue weighted by Gasteiger charge is -2.20. The molecule has 152 valence electrons. The largest absolute Gasteiger partial charge is 0.309 e. The molecule has 1 heterocycles. The molecule has 0 aliphatic heterocycles. The van der Waals surface area contributed by atoms with E-state index in [9.17, 15) is 9.18 Å². The average Bonchev–Trinajstić information content (AvgIpc) is 2.77. The van der Waals surface area contributed by atoms with Gasteiger partial charge in [0.05, 0.1) is 11.4 Å². The number of carbonyl (C=O) groups excluding carboxylic acids is 1. The van der Waals surface area contributed by atoms with E-state index in [0.717, 1.165) is 34.5 Å². The highest BCUT2D eigenvalue weighted by Crippen LogP contribution is 2.33. The van der Waals surface area contributed by atoms with E-state index in [-0.39, 0.29) is 17.6 Å². The number of hydrogen-bond donors (Lipinski definition) is 1. The van der Waals surface area contributed by atoms with E-state index in [1.165, 1.54) is 6.07 Å². The van der Waals surface area contributed by atoms with Crippen LogP contribution in [0.15, 0.2) is 48.5 Å². The van der Waals surface area contributed by atoms with Crippen molar-refractivity contribution in [2.75, 3.05) is 5.32 Å². The quantitative estimate of drug-likeness (QED) is 0.611. The lowest BCUT2D eigenvalue weighted by molar-refractivity contribution is -0.119. The van der Waals surface area contributed by atoms with E-state index in [4.69, 9.17) is 9.97 Å². The molecule has 1 aliphatic rings. The number of carbonyl (C=O) groups is 1. The van der Waals surface area contributed by atoms with Crippen LogP contribution in [0.3, 0.4) is 0 Å². The Labute approximate surface area is 175 Å². The van der Waals surface area contributed by atoms with Crippen LogP contribution in [0, 0.1) is 11.7 Å². The molecule has 0 saturated carbocycles. The minimum atomic E-state index is -0.244. The summed E-state index contributed by atoms with van der Waals surface area (Å²) in [6, 6.07) is 14.7. The van der Waals surface area contributed by atoms with Gasteiger partial charge >= 0.3 is 0 Å². The van der Waals surface area contributed by atoms with Gasteiger partial charge in [0.1, 0.15) is 11.5 Å². The molecule has 1 aromatic heterocycles. The fourth-order valence-electron chi connectivity index (χ4n) is 3.50. The van der Waals surface area contributed by atoms with Crippen molar-refractivity contribution in [3.8, 4) is 11.3 Å². The van der Waals surface area contributed by atoms with Crippen LogP contribution in [0.5, 0.6) is 0 Å². The molecule has 5 heteroatoms. The second-order valence-corrected chi connectivity index (χ2v) is 7.60. The number of fused-ring (bicyclic) bond motifs is 3. The highest BCUT2D eigenvalue weighted by molar-refractivity contribution is 5.93. The Morgan fingerprint density at radius 2 is 1.93 bits per heavy atom. The first-order valence-corrected chi connectivity index (χ1v) is 10.3. The smallest absolute Gasteiger partial charge is 0.228 e. The lowest BCUT2D eigenvalue weighted by atomic mass is 9.91. The molecule has 4 rings (SSSR count). The molecule has 0 fully saturated rings. The standard InChI is InChI=1S/C25H24FN3O/c1-3-16(2)25(30)29-24-22(13-9-17-7-5-4-6-8-17)27-23-20-12-11-19(26)15-18(20)10-14-21(23)28-24/h4-9,11-13,15-16H,3,10,14H2,1-2H3,(H,28,29,30). The summed E-state index contributed by atoms with van der Waals surface area (Å²) in [5.74, 6) is 0.0421. The second-order valence-electron chi connectivity index (χ2n) is 7.60. The molecule has 2 aromatic carbocycles. The SMILES string of the molecule is CCC(C)C(=O)Nc1nc2c(nc1C=Cc1ccccc1)-c1ccc(F)cc1CC2. The Bertz CT molecular complexity index is 1110. The van der Waals surface area contributed by atoms with Crippen molar-refractivity contribution < 1.29 is 9.18 Å². The number of anilines is 1. The molecule has 4 nitrogen and oxygen atoms in total. The van der Waals surface area contributed by atoms with Crippen molar-refractivity contribution in [1.29, 1.82) is 0 Å². The molecule has 1 atom stereocenters. The van der Waals surface area contributed by atoms with Gasteiger partial charge in [0.15, 0.2) is 5.82 Å². The molecule has 1 unspecified atom stereocenters. The lowest BCUT2D eigenvalue weighted by Crippen LogP contribution is -2.22. The molecule has 30 heavy (non-hydrogen) atoms. The summed E-state index contributed by atoms with van der Waals surface area (Å²) < 4.78 is 13.7. The summed E-state index contributed by atoms with van der Waals surface area (Å²) in [4.78, 5) is 22.1. The van der Waals surface area contributed by atoms with Gasteiger partial charge in [-0.2, -0.15) is 0 Å². The molecular formula is C25H24FN3O. The number of halogens is 1. The number of rotatable bonds is 5. The highest BCUT2D eigenvalue weighted by Gasteiger charge is 2.23. The van der Waals surface area contributed by atoms with Crippen LogP contribution in [-0.2, 0) is 17.6 Å². The molecule has 1 amide bonds. The third kappa shape index (κ3) is 4.15. The van der Waals surface area contributed by atoms with Crippen LogP contribution in [0.1, 0.15) is 42.8 Å². The first kappa shape index (κ1) is 20.0. The predicted molar refractivity (Wildman–Crippen MR) is 118 cm³/mol. The van der Waals surface area contributed by atoms with E-state index < -0.39 is 0 Å². The number of nitrogens with one attached hydrogen (secondary N) is 1. The Morgan fingerprint density at radius 3 is 2.70 bits per heavy atom. The van der Waals surface area contributed by atoms with Crippen LogP contribution < -0.4 is 5.32 Å². The Balaban J connectivity index is 1.78. The predicted octanol–water partition coefficient (Wildman–Crippen LogP) is 5.54.